The van der Waals surface area contributed by atoms with Crippen LogP contribution in [0.5, 0.6) is 0 Å². The van der Waals surface area contributed by atoms with E-state index >= 15 is 0 Å². The van der Waals surface area contributed by atoms with Gasteiger partial charge in [-0.1, -0.05) is 18.6 Å². The molecule has 0 bridgehead atoms. The molecule has 6 nitrogen and oxygen atoms in total. The van der Waals surface area contributed by atoms with Crippen molar-refractivity contribution in [2.24, 2.45) is 20.0 Å². The zero-order chi connectivity index (χ0) is 18.8. The molecule has 0 aliphatic heterocycles. The van der Waals surface area contributed by atoms with Gasteiger partial charge in [-0.2, -0.15) is 0 Å². The van der Waals surface area contributed by atoms with Crippen LogP contribution in [0.4, 0.5) is 4.39 Å². The Balaban J connectivity index is 1.75. The fourth-order valence-corrected chi connectivity index (χ4v) is 3.59. The molecule has 7 heteroatoms. The van der Waals surface area contributed by atoms with E-state index in [1.165, 1.54) is 36.9 Å². The highest BCUT2D eigenvalue weighted by Crippen LogP contribution is 2.29. The molecule has 1 N–H and O–H groups in total. The van der Waals surface area contributed by atoms with E-state index in [0.717, 1.165) is 35.8 Å². The third-order valence-electron chi connectivity index (χ3n) is 5.15. The minimum absolute atomic E-state index is 0.0355. The van der Waals surface area contributed by atoms with Crippen LogP contribution in [0.25, 0.3) is 0 Å². The zero-order valence-corrected chi connectivity index (χ0v) is 14.9. The van der Waals surface area contributed by atoms with Gasteiger partial charge >= 0.3 is 5.69 Å². The molecule has 0 unspecified atom stereocenters. The van der Waals surface area contributed by atoms with Crippen molar-refractivity contribution in [2.75, 3.05) is 0 Å². The van der Waals surface area contributed by atoms with Gasteiger partial charge in [0, 0.05) is 26.2 Å². The van der Waals surface area contributed by atoms with Crippen LogP contribution in [0.15, 0.2) is 39.9 Å². The molecular formula is C19H22FN3O3. The second-order valence-electron chi connectivity index (χ2n) is 6.87. The number of aromatic nitrogens is 2. The number of halogens is 1. The first-order valence-corrected chi connectivity index (χ1v) is 8.69. The van der Waals surface area contributed by atoms with Gasteiger partial charge in [-0.25, -0.2) is 9.18 Å². The largest absolute Gasteiger partial charge is 0.348 e. The number of amides is 1. The van der Waals surface area contributed by atoms with Gasteiger partial charge in [-0.15, -0.1) is 0 Å². The summed E-state index contributed by atoms with van der Waals surface area (Å²) < 4.78 is 15.2. The summed E-state index contributed by atoms with van der Waals surface area (Å²) in [6.07, 6.45) is 3.56. The van der Waals surface area contributed by atoms with Crippen molar-refractivity contribution in [3.63, 3.8) is 0 Å². The molecule has 26 heavy (non-hydrogen) atoms. The summed E-state index contributed by atoms with van der Waals surface area (Å²) in [5.41, 5.74) is 0.0496. The van der Waals surface area contributed by atoms with E-state index < -0.39 is 17.2 Å². The molecule has 1 heterocycles. The summed E-state index contributed by atoms with van der Waals surface area (Å²) in [6, 6.07) is 7.54. The number of hydrogen-bond acceptors (Lipinski definition) is 3. The number of rotatable bonds is 4. The summed E-state index contributed by atoms with van der Waals surface area (Å²) in [6.45, 7) is 0. The van der Waals surface area contributed by atoms with Gasteiger partial charge in [0.05, 0.1) is 0 Å². The van der Waals surface area contributed by atoms with Gasteiger partial charge in [0.15, 0.2) is 0 Å². The van der Waals surface area contributed by atoms with Gasteiger partial charge in [-0.05, 0) is 42.9 Å². The van der Waals surface area contributed by atoms with Gasteiger partial charge in [0.2, 0.25) is 0 Å². The lowest BCUT2D eigenvalue weighted by atomic mass is 9.94. The average Bonchev–Trinajstić information content (AvgIpc) is 3.05. The number of carbonyl (C=O) groups excluding carboxylic acids is 1. The fraction of sp³-hybridized carbons (Fsp3) is 0.421. The van der Waals surface area contributed by atoms with Crippen molar-refractivity contribution < 1.29 is 9.18 Å². The molecule has 0 radical (unpaired) electrons. The lowest BCUT2D eigenvalue weighted by molar-refractivity contribution is 0.0917. The van der Waals surface area contributed by atoms with E-state index in [0.29, 0.717) is 0 Å². The molecule has 0 spiro atoms. The Morgan fingerprint density at radius 2 is 1.85 bits per heavy atom. The monoisotopic (exact) mass is 359 g/mol. The van der Waals surface area contributed by atoms with E-state index in [2.05, 4.69) is 5.32 Å². The average molecular weight is 359 g/mol. The van der Waals surface area contributed by atoms with Crippen LogP contribution in [0.3, 0.4) is 0 Å². The minimum Gasteiger partial charge on any atom is -0.348 e. The molecular weight excluding hydrogens is 337 g/mol. The molecule has 1 fully saturated rings. The molecule has 1 aromatic heterocycles. The summed E-state index contributed by atoms with van der Waals surface area (Å²) >= 11 is 0. The maximum atomic E-state index is 13.1. The number of carbonyl (C=O) groups is 1. The lowest BCUT2D eigenvalue weighted by Gasteiger charge is -2.22. The van der Waals surface area contributed by atoms with Crippen LogP contribution in [0, 0.1) is 11.7 Å². The lowest BCUT2D eigenvalue weighted by Crippen LogP contribution is -2.44. The first-order valence-electron chi connectivity index (χ1n) is 8.69. The number of benzene rings is 1. The summed E-state index contributed by atoms with van der Waals surface area (Å²) in [7, 11) is 2.85. The van der Waals surface area contributed by atoms with E-state index in [4.69, 9.17) is 0 Å². The maximum Gasteiger partial charge on any atom is 0.331 e. The Kier molecular flexibility index (Phi) is 5.06. The Morgan fingerprint density at radius 3 is 2.54 bits per heavy atom. The van der Waals surface area contributed by atoms with E-state index in [1.807, 2.05) is 0 Å². The predicted octanol–water partition coefficient (Wildman–Crippen LogP) is 1.36. The molecule has 138 valence electrons. The summed E-state index contributed by atoms with van der Waals surface area (Å²) in [4.78, 5) is 36.4. The van der Waals surface area contributed by atoms with Crippen LogP contribution in [0.1, 0.15) is 35.3 Å². The standard InChI is InChI=1S/C19H22FN3O3/c1-22-16(11-17(24)23(2)19(22)26)18(25)21-15-5-3-4-13(15)10-12-6-8-14(20)9-7-12/h6-9,11,13,15H,3-5,10H2,1-2H3,(H,21,25)/t13-,15-/m1/s1. The molecule has 1 saturated carbocycles. The normalized spacial score (nSPS) is 19.5. The highest BCUT2D eigenvalue weighted by molar-refractivity contribution is 5.92. The molecule has 2 aromatic rings. The van der Waals surface area contributed by atoms with Crippen LogP contribution in [0.2, 0.25) is 0 Å². The molecule has 0 saturated heterocycles. The van der Waals surface area contributed by atoms with Gasteiger partial charge < -0.3 is 5.32 Å². The highest BCUT2D eigenvalue weighted by Gasteiger charge is 2.29. The van der Waals surface area contributed by atoms with Crippen molar-refractivity contribution >= 4 is 5.91 Å². The molecule has 1 aliphatic rings. The fourth-order valence-electron chi connectivity index (χ4n) is 3.59. The molecule has 2 atom stereocenters. The Labute approximate surface area is 150 Å². The molecule has 1 aromatic carbocycles. The van der Waals surface area contributed by atoms with Gasteiger partial charge in [0.1, 0.15) is 11.5 Å². The number of nitrogens with zero attached hydrogens (tertiary/aromatic N) is 2. The molecule has 1 aliphatic carbocycles. The first kappa shape index (κ1) is 18.1. The van der Waals surface area contributed by atoms with Crippen molar-refractivity contribution in [1.82, 2.24) is 14.5 Å². The summed E-state index contributed by atoms with van der Waals surface area (Å²) in [5.74, 6) is -0.442. The van der Waals surface area contributed by atoms with Crippen LogP contribution in [-0.2, 0) is 20.5 Å². The first-order chi connectivity index (χ1) is 12.4. The highest BCUT2D eigenvalue weighted by atomic mass is 19.1. The van der Waals surface area contributed by atoms with Gasteiger partial charge in [-0.3, -0.25) is 18.7 Å². The Hall–Kier alpha value is -2.70. The summed E-state index contributed by atoms with van der Waals surface area (Å²) in [5, 5.41) is 2.97. The Morgan fingerprint density at radius 1 is 1.15 bits per heavy atom. The maximum absolute atomic E-state index is 13.1. The number of hydrogen-bond donors (Lipinski definition) is 1. The van der Waals surface area contributed by atoms with Crippen LogP contribution in [-0.4, -0.2) is 21.1 Å². The second kappa shape index (κ2) is 7.27. The van der Waals surface area contributed by atoms with E-state index in [9.17, 15) is 18.8 Å². The van der Waals surface area contributed by atoms with Crippen molar-refractivity contribution in [3.05, 3.63) is 68.2 Å². The van der Waals surface area contributed by atoms with E-state index in [1.54, 1.807) is 12.1 Å². The van der Waals surface area contributed by atoms with Crippen LogP contribution >= 0.6 is 0 Å². The topological polar surface area (TPSA) is 73.1 Å². The van der Waals surface area contributed by atoms with E-state index in [-0.39, 0.29) is 23.5 Å². The third-order valence-corrected chi connectivity index (χ3v) is 5.15. The Bertz CT molecular complexity index is 931. The third kappa shape index (κ3) is 3.61. The van der Waals surface area contributed by atoms with Crippen LogP contribution < -0.4 is 16.6 Å². The minimum atomic E-state index is -0.531. The number of nitrogens with one attached hydrogen (secondary N) is 1. The zero-order valence-electron chi connectivity index (χ0n) is 14.9. The smallest absolute Gasteiger partial charge is 0.331 e. The van der Waals surface area contributed by atoms with Crippen molar-refractivity contribution in [2.45, 2.75) is 31.7 Å². The molecule has 1 amide bonds. The predicted molar refractivity (Wildman–Crippen MR) is 95.6 cm³/mol. The molecule has 3 rings (SSSR count). The van der Waals surface area contributed by atoms with Crippen molar-refractivity contribution in [1.29, 1.82) is 0 Å². The quantitative estimate of drug-likeness (QED) is 0.896. The SMILES string of the molecule is Cn1c(C(=O)N[C@@H]2CCC[C@@H]2Cc2ccc(F)cc2)cc(=O)n(C)c1=O. The second-order valence-corrected chi connectivity index (χ2v) is 6.87. The van der Waals surface area contributed by atoms with Crippen molar-refractivity contribution in [3.8, 4) is 0 Å². The van der Waals surface area contributed by atoms with Gasteiger partial charge in [0.25, 0.3) is 11.5 Å².